The Kier molecular flexibility index (Phi) is 6.57. The molecule has 0 fully saturated rings. The second-order valence-electron chi connectivity index (χ2n) is 13.9. The van der Waals surface area contributed by atoms with Gasteiger partial charge in [0.1, 0.15) is 11.5 Å². The molecule has 7 nitrogen and oxygen atoms in total. The number of hydrogen-bond donors (Lipinski definition) is 1. The summed E-state index contributed by atoms with van der Waals surface area (Å²) in [6.45, 7) is 10.0. The van der Waals surface area contributed by atoms with Crippen molar-refractivity contribution < 1.29 is 33.1 Å². The Bertz CT molecular complexity index is 1980. The van der Waals surface area contributed by atoms with E-state index in [4.69, 9.17) is 8.83 Å². The molecule has 0 bridgehead atoms. The van der Waals surface area contributed by atoms with Gasteiger partial charge in [-0.2, -0.15) is 0 Å². The molecule has 0 aliphatic heterocycles. The fourth-order valence-electron chi connectivity index (χ4n) is 8.01. The van der Waals surface area contributed by atoms with Crippen LogP contribution in [0.5, 0.6) is 0 Å². The average Bonchev–Trinajstić information content (AvgIpc) is 3.61. The molecule has 1 unspecified atom stereocenters. The first-order valence-electron chi connectivity index (χ1n) is 15.7. The van der Waals surface area contributed by atoms with E-state index >= 15 is 0 Å². The molecule has 45 heavy (non-hydrogen) atoms. The molecule has 4 aliphatic rings. The molecule has 1 N–H and O–H groups in total. The molecule has 0 radical (unpaired) electrons. The van der Waals surface area contributed by atoms with E-state index in [2.05, 4.69) is 19.9 Å². The number of aryl methyl sites for hydroxylation is 2. The van der Waals surface area contributed by atoms with E-state index in [1.165, 1.54) is 11.8 Å². The minimum Gasteiger partial charge on any atom is -0.463 e. The lowest BCUT2D eigenvalue weighted by atomic mass is 9.68. The van der Waals surface area contributed by atoms with Gasteiger partial charge in [-0.05, 0) is 91.2 Å². The number of carbonyl (C=O) groups is 4. The van der Waals surface area contributed by atoms with E-state index in [0.29, 0.717) is 44.9 Å². The van der Waals surface area contributed by atoms with Crippen LogP contribution in [0.4, 0.5) is 0 Å². The number of furan rings is 2. The molecule has 2 aromatic carbocycles. The van der Waals surface area contributed by atoms with Gasteiger partial charge in [-0.25, -0.2) is 0 Å². The van der Waals surface area contributed by atoms with Crippen LogP contribution in [0.3, 0.4) is 0 Å². The number of ketones is 4. The van der Waals surface area contributed by atoms with Crippen molar-refractivity contribution in [2.24, 2.45) is 0 Å². The lowest BCUT2D eigenvalue weighted by molar-refractivity contribution is 0.0813. The van der Waals surface area contributed by atoms with Gasteiger partial charge < -0.3 is 13.9 Å². The Morgan fingerprint density at radius 3 is 1.60 bits per heavy atom. The van der Waals surface area contributed by atoms with Crippen molar-refractivity contribution in [2.45, 2.75) is 84.0 Å². The molecule has 2 aromatic heterocycles. The number of benzene rings is 2. The third-order valence-corrected chi connectivity index (χ3v) is 10.5. The largest absolute Gasteiger partial charge is 0.463 e. The van der Waals surface area contributed by atoms with Crippen molar-refractivity contribution in [1.82, 2.24) is 0 Å². The number of rotatable bonds is 1. The highest BCUT2D eigenvalue weighted by Crippen LogP contribution is 2.46. The third kappa shape index (κ3) is 4.13. The zero-order valence-electron chi connectivity index (χ0n) is 26.3. The van der Waals surface area contributed by atoms with Crippen molar-refractivity contribution in [3.63, 3.8) is 0 Å². The van der Waals surface area contributed by atoms with Gasteiger partial charge in [0, 0.05) is 27.7 Å². The highest BCUT2D eigenvalue weighted by atomic mass is 16.3. The number of Topliss-reactive ketones (excluding diaryl/α,β-unsaturated/α-hetero) is 4. The van der Waals surface area contributed by atoms with Crippen LogP contribution in [-0.2, 0) is 23.7 Å². The van der Waals surface area contributed by atoms with Gasteiger partial charge in [-0.3, -0.25) is 19.2 Å². The summed E-state index contributed by atoms with van der Waals surface area (Å²) < 4.78 is 11.2. The monoisotopic (exact) mass is 604 g/mol. The van der Waals surface area contributed by atoms with Crippen LogP contribution in [0, 0.1) is 13.8 Å². The third-order valence-electron chi connectivity index (χ3n) is 10.5. The van der Waals surface area contributed by atoms with Gasteiger partial charge in [-0.15, -0.1) is 0 Å². The molecule has 4 aliphatic carbocycles. The first-order valence-corrected chi connectivity index (χ1v) is 15.7. The summed E-state index contributed by atoms with van der Waals surface area (Å²) in [7, 11) is 0. The van der Waals surface area contributed by atoms with Crippen molar-refractivity contribution in [1.29, 1.82) is 0 Å². The van der Waals surface area contributed by atoms with E-state index < -0.39 is 17.3 Å². The minimum atomic E-state index is -0.483. The Labute approximate surface area is 261 Å². The van der Waals surface area contributed by atoms with E-state index in [1.54, 1.807) is 20.1 Å². The van der Waals surface area contributed by atoms with Crippen LogP contribution in [0.1, 0.15) is 121 Å². The maximum atomic E-state index is 12.7. The van der Waals surface area contributed by atoms with Crippen LogP contribution < -0.4 is 0 Å². The molecule has 2 heterocycles. The van der Waals surface area contributed by atoms with Gasteiger partial charge in [0.25, 0.3) is 0 Å². The summed E-state index contributed by atoms with van der Waals surface area (Å²) in [5.74, 6) is -0.670. The smallest absolute Gasteiger partial charge is 0.237 e. The lowest BCUT2D eigenvalue weighted by Gasteiger charge is -2.36. The Morgan fingerprint density at radius 2 is 1.09 bits per heavy atom. The van der Waals surface area contributed by atoms with Gasteiger partial charge in [0.15, 0.2) is 0 Å². The quantitative estimate of drug-likeness (QED) is 0.224. The maximum Gasteiger partial charge on any atom is 0.237 e. The van der Waals surface area contributed by atoms with Crippen LogP contribution in [0.25, 0.3) is 22.6 Å². The van der Waals surface area contributed by atoms with Crippen molar-refractivity contribution in [2.75, 3.05) is 6.61 Å². The Hall–Kier alpha value is -4.36. The normalized spacial score (nSPS) is 20.7. The predicted octanol–water partition coefficient (Wildman–Crippen LogP) is 7.47. The summed E-state index contributed by atoms with van der Waals surface area (Å²) >= 11 is 0. The highest BCUT2D eigenvalue weighted by Gasteiger charge is 2.41. The number of fused-ring (bicyclic) bond motifs is 10. The van der Waals surface area contributed by atoms with Crippen LogP contribution in [-0.4, -0.2) is 34.8 Å². The molecule has 0 amide bonds. The maximum absolute atomic E-state index is 12.7. The van der Waals surface area contributed by atoms with Gasteiger partial charge in [0.05, 0.1) is 30.3 Å². The molecular formula is C38H36O7. The summed E-state index contributed by atoms with van der Waals surface area (Å²) in [6, 6.07) is 7.90. The predicted molar refractivity (Wildman–Crippen MR) is 168 cm³/mol. The zero-order valence-corrected chi connectivity index (χ0v) is 26.3. The fraction of sp³-hybridized carbons (Fsp3) is 0.368. The highest BCUT2D eigenvalue weighted by molar-refractivity contribution is 6.54. The van der Waals surface area contributed by atoms with Crippen LogP contribution in [0.2, 0.25) is 0 Å². The van der Waals surface area contributed by atoms with Crippen LogP contribution >= 0.6 is 0 Å². The molecular weight excluding hydrogens is 568 g/mol. The number of aliphatic hydroxyl groups is 1. The number of carbonyl (C=O) groups excluding carboxylic acids is 4. The van der Waals surface area contributed by atoms with Crippen LogP contribution in [0.15, 0.2) is 45.6 Å². The van der Waals surface area contributed by atoms with E-state index in [1.807, 2.05) is 25.1 Å². The summed E-state index contributed by atoms with van der Waals surface area (Å²) in [6.07, 6.45) is 8.62. The summed E-state index contributed by atoms with van der Waals surface area (Å²) in [5.41, 5.74) is 8.64. The van der Waals surface area contributed by atoms with Gasteiger partial charge in [0.2, 0.25) is 23.1 Å². The van der Waals surface area contributed by atoms with E-state index in [0.717, 1.165) is 66.3 Å². The van der Waals surface area contributed by atoms with Crippen molar-refractivity contribution >= 4 is 23.1 Å². The summed E-state index contributed by atoms with van der Waals surface area (Å²) in [5, 5.41) is 9.81. The van der Waals surface area contributed by atoms with Gasteiger partial charge >= 0.3 is 0 Å². The second kappa shape index (κ2) is 10.1. The SMILES string of the molecule is Cc1coc2c1C(=O)C(=O)c1c-2ccc2c1CCCC2(C)C.Cc1coc2c1C(=O)C(=O)c1c-2ccc2c1CCCC2(C)CO. The second-order valence-corrected chi connectivity index (χ2v) is 13.9. The van der Waals surface area contributed by atoms with E-state index in [9.17, 15) is 24.3 Å². The first-order chi connectivity index (χ1) is 21.4. The lowest BCUT2D eigenvalue weighted by Crippen LogP contribution is -2.34. The van der Waals surface area contributed by atoms with Crippen molar-refractivity contribution in [3.8, 4) is 22.6 Å². The number of aliphatic hydroxyl groups excluding tert-OH is 1. The molecule has 0 spiro atoms. The fourth-order valence-corrected chi connectivity index (χ4v) is 8.01. The minimum absolute atomic E-state index is 0.0338. The Balaban J connectivity index is 0.000000145. The Morgan fingerprint density at radius 1 is 0.644 bits per heavy atom. The topological polar surface area (TPSA) is 115 Å². The number of hydrogen-bond acceptors (Lipinski definition) is 7. The average molecular weight is 605 g/mol. The zero-order chi connectivity index (χ0) is 32.0. The van der Waals surface area contributed by atoms with E-state index in [-0.39, 0.29) is 23.2 Å². The molecule has 230 valence electrons. The molecule has 4 aromatic rings. The molecule has 0 saturated heterocycles. The van der Waals surface area contributed by atoms with Gasteiger partial charge in [-0.1, -0.05) is 45.0 Å². The molecule has 8 rings (SSSR count). The van der Waals surface area contributed by atoms with Crippen molar-refractivity contribution in [3.05, 3.63) is 92.4 Å². The molecule has 0 saturated carbocycles. The summed E-state index contributed by atoms with van der Waals surface area (Å²) in [4.78, 5) is 50.5. The molecule has 7 heteroatoms. The first kappa shape index (κ1) is 29.4. The molecule has 1 atom stereocenters. The standard InChI is InChI=1S/C19H18O4.C19H18O3/c1-10-8-23-18-12-5-6-13-11(4-3-7-19(13,2)9-20)15(12)17(22)16(21)14(10)18;1-10-9-22-18-12-6-7-13-11(5-4-8-19(13,2)3)15(12)17(21)16(20)14(10)18/h5-6,8,20H,3-4,7,9H2,1-2H3;6-7,9H,4-5,8H2,1-3H3.